The summed E-state index contributed by atoms with van der Waals surface area (Å²) in [7, 11) is 0. The van der Waals surface area contributed by atoms with Crippen LogP contribution < -0.4 is 0 Å². The molecule has 1 aliphatic heterocycles. The predicted octanol–water partition coefficient (Wildman–Crippen LogP) is 1.30. The first-order valence-electron chi connectivity index (χ1n) is 4.57. The molecule has 0 bridgehead atoms. The quantitative estimate of drug-likeness (QED) is 0.653. The summed E-state index contributed by atoms with van der Waals surface area (Å²) in [6, 6.07) is 0. The Kier molecular flexibility index (Phi) is 3.50. The average Bonchev–Trinajstić information content (AvgIpc) is 2.31. The zero-order chi connectivity index (χ0) is 9.03. The Bertz CT molecular complexity index is 134. The topological polar surface area (TPSA) is 38.7 Å². The van der Waals surface area contributed by atoms with Gasteiger partial charge in [-0.05, 0) is 33.1 Å². The van der Waals surface area contributed by atoms with Gasteiger partial charge in [0.2, 0.25) is 0 Å². The third kappa shape index (κ3) is 3.09. The molecule has 3 nitrogen and oxygen atoms in total. The second kappa shape index (κ2) is 4.21. The van der Waals surface area contributed by atoms with Crippen LogP contribution in [0.1, 0.15) is 33.1 Å². The van der Waals surface area contributed by atoms with Crippen molar-refractivity contribution in [3.8, 4) is 0 Å². The van der Waals surface area contributed by atoms with Gasteiger partial charge in [-0.1, -0.05) is 0 Å². The lowest BCUT2D eigenvalue weighted by atomic mass is 10.2. The molecule has 0 saturated carbocycles. The first-order chi connectivity index (χ1) is 5.64. The molecule has 1 aliphatic rings. The molecule has 0 aromatic heterocycles. The average molecular weight is 174 g/mol. The predicted molar refractivity (Wildman–Crippen MR) is 45.8 cm³/mol. The van der Waals surface area contributed by atoms with Crippen molar-refractivity contribution in [1.82, 2.24) is 0 Å². The molecule has 3 heteroatoms. The van der Waals surface area contributed by atoms with E-state index < -0.39 is 5.79 Å². The highest BCUT2D eigenvalue weighted by atomic mass is 16.7. The standard InChI is InChI=1S/C9H18O3/c1-9(2)11-7-8(12-9)5-3-4-6-10/h8,10H,3-7H2,1-2H3/t8-/m0/s1. The molecule has 1 N–H and O–H groups in total. The maximum Gasteiger partial charge on any atom is 0.163 e. The van der Waals surface area contributed by atoms with Gasteiger partial charge in [0.1, 0.15) is 0 Å². The minimum Gasteiger partial charge on any atom is -0.396 e. The molecule has 0 unspecified atom stereocenters. The van der Waals surface area contributed by atoms with E-state index in [0.717, 1.165) is 19.3 Å². The summed E-state index contributed by atoms with van der Waals surface area (Å²) >= 11 is 0. The zero-order valence-electron chi connectivity index (χ0n) is 7.88. The lowest BCUT2D eigenvalue weighted by Gasteiger charge is -2.16. The first-order valence-corrected chi connectivity index (χ1v) is 4.57. The van der Waals surface area contributed by atoms with Gasteiger partial charge in [-0.15, -0.1) is 0 Å². The zero-order valence-corrected chi connectivity index (χ0v) is 7.88. The molecule has 72 valence electrons. The van der Waals surface area contributed by atoms with Gasteiger partial charge < -0.3 is 14.6 Å². The molecule has 0 amide bonds. The largest absolute Gasteiger partial charge is 0.396 e. The summed E-state index contributed by atoms with van der Waals surface area (Å²) in [5.41, 5.74) is 0. The van der Waals surface area contributed by atoms with Crippen LogP contribution in [0, 0.1) is 0 Å². The molecule has 1 rings (SSSR count). The van der Waals surface area contributed by atoms with Crippen LogP contribution in [-0.2, 0) is 9.47 Å². The number of aliphatic hydroxyl groups excluding tert-OH is 1. The van der Waals surface area contributed by atoms with Crippen LogP contribution in [0.4, 0.5) is 0 Å². The van der Waals surface area contributed by atoms with Crippen molar-refractivity contribution in [2.75, 3.05) is 13.2 Å². The van der Waals surface area contributed by atoms with Crippen molar-refractivity contribution in [2.24, 2.45) is 0 Å². The Labute approximate surface area is 73.7 Å². The monoisotopic (exact) mass is 174 g/mol. The molecule has 1 saturated heterocycles. The fourth-order valence-corrected chi connectivity index (χ4v) is 1.39. The van der Waals surface area contributed by atoms with Crippen molar-refractivity contribution in [3.63, 3.8) is 0 Å². The fraction of sp³-hybridized carbons (Fsp3) is 1.00. The number of unbranched alkanes of at least 4 members (excludes halogenated alkanes) is 1. The van der Waals surface area contributed by atoms with Crippen LogP contribution in [-0.4, -0.2) is 30.2 Å². The first kappa shape index (κ1) is 9.96. The molecule has 1 atom stereocenters. The van der Waals surface area contributed by atoms with E-state index in [-0.39, 0.29) is 12.7 Å². The number of hydrogen-bond donors (Lipinski definition) is 1. The Morgan fingerprint density at radius 2 is 2.17 bits per heavy atom. The fourth-order valence-electron chi connectivity index (χ4n) is 1.39. The van der Waals surface area contributed by atoms with Gasteiger partial charge in [-0.2, -0.15) is 0 Å². The summed E-state index contributed by atoms with van der Waals surface area (Å²) in [5, 5.41) is 8.57. The van der Waals surface area contributed by atoms with E-state index in [4.69, 9.17) is 14.6 Å². The Hall–Kier alpha value is -0.120. The lowest BCUT2D eigenvalue weighted by Crippen LogP contribution is -2.21. The smallest absolute Gasteiger partial charge is 0.163 e. The number of rotatable bonds is 4. The van der Waals surface area contributed by atoms with Gasteiger partial charge in [0.15, 0.2) is 5.79 Å². The third-order valence-corrected chi connectivity index (χ3v) is 2.00. The number of hydrogen-bond acceptors (Lipinski definition) is 3. The Balaban J connectivity index is 2.11. The van der Waals surface area contributed by atoms with E-state index >= 15 is 0 Å². The van der Waals surface area contributed by atoms with Gasteiger partial charge in [0.25, 0.3) is 0 Å². The highest BCUT2D eigenvalue weighted by Gasteiger charge is 2.31. The molecule has 12 heavy (non-hydrogen) atoms. The molecule has 1 fully saturated rings. The van der Waals surface area contributed by atoms with Crippen LogP contribution in [0.2, 0.25) is 0 Å². The number of aliphatic hydroxyl groups is 1. The Morgan fingerprint density at radius 1 is 1.42 bits per heavy atom. The second-order valence-corrected chi connectivity index (χ2v) is 3.67. The molecule has 0 spiro atoms. The Morgan fingerprint density at radius 3 is 2.67 bits per heavy atom. The minimum absolute atomic E-state index is 0.228. The van der Waals surface area contributed by atoms with Crippen LogP contribution in [0.5, 0.6) is 0 Å². The van der Waals surface area contributed by atoms with Crippen molar-refractivity contribution >= 4 is 0 Å². The highest BCUT2D eigenvalue weighted by Crippen LogP contribution is 2.24. The van der Waals surface area contributed by atoms with Crippen LogP contribution in [0.15, 0.2) is 0 Å². The van der Waals surface area contributed by atoms with E-state index in [0.29, 0.717) is 6.61 Å². The minimum atomic E-state index is -0.399. The molecule has 0 aromatic carbocycles. The van der Waals surface area contributed by atoms with Gasteiger partial charge in [0, 0.05) is 6.61 Å². The maximum atomic E-state index is 8.57. The molecular weight excluding hydrogens is 156 g/mol. The lowest BCUT2D eigenvalue weighted by molar-refractivity contribution is -0.139. The third-order valence-electron chi connectivity index (χ3n) is 2.00. The summed E-state index contributed by atoms with van der Waals surface area (Å²) in [4.78, 5) is 0. The van der Waals surface area contributed by atoms with E-state index in [1.807, 2.05) is 13.8 Å². The van der Waals surface area contributed by atoms with Crippen LogP contribution in [0.25, 0.3) is 0 Å². The summed E-state index contributed by atoms with van der Waals surface area (Å²) in [6.07, 6.45) is 3.09. The number of ether oxygens (including phenoxy) is 2. The van der Waals surface area contributed by atoms with Crippen LogP contribution >= 0.6 is 0 Å². The van der Waals surface area contributed by atoms with Gasteiger partial charge in [-0.3, -0.25) is 0 Å². The van der Waals surface area contributed by atoms with E-state index in [1.54, 1.807) is 0 Å². The molecule has 0 aromatic rings. The van der Waals surface area contributed by atoms with Gasteiger partial charge in [-0.25, -0.2) is 0 Å². The normalized spacial score (nSPS) is 27.8. The van der Waals surface area contributed by atoms with Gasteiger partial charge in [0.05, 0.1) is 12.7 Å². The molecule has 0 radical (unpaired) electrons. The maximum absolute atomic E-state index is 8.57. The van der Waals surface area contributed by atoms with Gasteiger partial charge >= 0.3 is 0 Å². The van der Waals surface area contributed by atoms with Crippen molar-refractivity contribution in [3.05, 3.63) is 0 Å². The second-order valence-electron chi connectivity index (χ2n) is 3.67. The van der Waals surface area contributed by atoms with Crippen molar-refractivity contribution in [1.29, 1.82) is 0 Å². The summed E-state index contributed by atoms with van der Waals surface area (Å²) in [6.45, 7) is 4.83. The summed E-state index contributed by atoms with van der Waals surface area (Å²) in [5.74, 6) is -0.399. The summed E-state index contributed by atoms with van der Waals surface area (Å²) < 4.78 is 11.0. The van der Waals surface area contributed by atoms with Crippen LogP contribution in [0.3, 0.4) is 0 Å². The van der Waals surface area contributed by atoms with E-state index in [2.05, 4.69) is 0 Å². The van der Waals surface area contributed by atoms with Crippen molar-refractivity contribution in [2.45, 2.75) is 45.0 Å². The van der Waals surface area contributed by atoms with Crippen molar-refractivity contribution < 1.29 is 14.6 Å². The molecule has 1 heterocycles. The van der Waals surface area contributed by atoms with E-state index in [9.17, 15) is 0 Å². The highest BCUT2D eigenvalue weighted by molar-refractivity contribution is 4.70. The van der Waals surface area contributed by atoms with E-state index in [1.165, 1.54) is 0 Å². The molecular formula is C9H18O3. The molecule has 0 aliphatic carbocycles. The SMILES string of the molecule is CC1(C)OC[C@H](CCCCO)O1.